The molecule has 1 aromatic rings. The third-order valence-electron chi connectivity index (χ3n) is 2.09. The van der Waals surface area contributed by atoms with E-state index in [0.717, 1.165) is 0 Å². The molecule has 0 amide bonds. The molecule has 1 aliphatic heterocycles. The van der Waals surface area contributed by atoms with Crippen LogP contribution in [0.4, 0.5) is 4.39 Å². The molecule has 88 valence electrons. The van der Waals surface area contributed by atoms with E-state index in [9.17, 15) is 9.18 Å². The van der Waals surface area contributed by atoms with Crippen LogP contribution in [0.3, 0.4) is 0 Å². The van der Waals surface area contributed by atoms with Gasteiger partial charge in [0.05, 0.1) is 13.2 Å². The number of ether oxygens (including phenoxy) is 2. The standard InChI is InChI=1S/C9H10BrFN2O3/c1-2-15-9(14)7-6(10)8-13(12-7)3-5(11)4-16-8/h5H,2-4H2,1H3. The fraction of sp³-hybridized carbons (Fsp3) is 0.556. The van der Waals surface area contributed by atoms with Gasteiger partial charge >= 0.3 is 5.97 Å². The zero-order chi connectivity index (χ0) is 11.7. The van der Waals surface area contributed by atoms with Crippen LogP contribution in [0.5, 0.6) is 5.88 Å². The number of fused-ring (bicyclic) bond motifs is 1. The van der Waals surface area contributed by atoms with Gasteiger partial charge in [-0.1, -0.05) is 0 Å². The number of rotatable bonds is 2. The normalized spacial score (nSPS) is 18.8. The molecular formula is C9H10BrFN2O3. The maximum Gasteiger partial charge on any atom is 0.360 e. The van der Waals surface area contributed by atoms with E-state index in [4.69, 9.17) is 9.47 Å². The number of nitrogens with zero attached hydrogens (tertiary/aromatic N) is 2. The van der Waals surface area contributed by atoms with E-state index in [1.807, 2.05) is 0 Å². The van der Waals surface area contributed by atoms with E-state index >= 15 is 0 Å². The molecule has 7 heteroatoms. The maximum atomic E-state index is 13.0. The second-order valence-corrected chi connectivity index (χ2v) is 4.07. The number of halogens is 2. The van der Waals surface area contributed by atoms with Crippen LogP contribution in [0.2, 0.25) is 0 Å². The van der Waals surface area contributed by atoms with Gasteiger partial charge in [-0.05, 0) is 22.9 Å². The van der Waals surface area contributed by atoms with Gasteiger partial charge in [-0.2, -0.15) is 5.10 Å². The minimum Gasteiger partial charge on any atom is -0.474 e. The van der Waals surface area contributed by atoms with E-state index in [0.29, 0.717) is 10.4 Å². The third kappa shape index (κ3) is 1.91. The molecule has 1 atom stereocenters. The molecule has 16 heavy (non-hydrogen) atoms. The van der Waals surface area contributed by atoms with Crippen LogP contribution < -0.4 is 4.74 Å². The van der Waals surface area contributed by atoms with Gasteiger partial charge in [-0.3, -0.25) is 0 Å². The highest BCUT2D eigenvalue weighted by Gasteiger charge is 2.28. The molecule has 0 radical (unpaired) electrons. The summed E-state index contributed by atoms with van der Waals surface area (Å²) in [6.07, 6.45) is -1.10. The van der Waals surface area contributed by atoms with Crippen molar-refractivity contribution >= 4 is 21.9 Å². The SMILES string of the molecule is CCOC(=O)c1nn2c(c1Br)OCC(F)C2. The fourth-order valence-electron chi connectivity index (χ4n) is 1.43. The van der Waals surface area contributed by atoms with Crippen molar-refractivity contribution in [1.29, 1.82) is 0 Å². The zero-order valence-corrected chi connectivity index (χ0v) is 10.2. The monoisotopic (exact) mass is 292 g/mol. The summed E-state index contributed by atoms with van der Waals surface area (Å²) in [6, 6.07) is 0. The second kappa shape index (κ2) is 4.40. The van der Waals surface area contributed by atoms with Crippen molar-refractivity contribution in [3.05, 3.63) is 10.2 Å². The first kappa shape index (κ1) is 11.4. The van der Waals surface area contributed by atoms with Crippen LogP contribution in [-0.2, 0) is 11.3 Å². The topological polar surface area (TPSA) is 53.3 Å². The van der Waals surface area contributed by atoms with Crippen molar-refractivity contribution in [2.45, 2.75) is 19.6 Å². The molecule has 0 saturated heterocycles. The van der Waals surface area contributed by atoms with Crippen molar-refractivity contribution in [3.8, 4) is 5.88 Å². The molecule has 0 N–H and O–H groups in total. The Bertz CT molecular complexity index is 421. The van der Waals surface area contributed by atoms with Crippen molar-refractivity contribution in [3.63, 3.8) is 0 Å². The minimum absolute atomic E-state index is 0.0213. The summed E-state index contributed by atoms with van der Waals surface area (Å²) < 4.78 is 24.7. The molecule has 0 bridgehead atoms. The summed E-state index contributed by atoms with van der Waals surface area (Å²) in [4.78, 5) is 11.5. The van der Waals surface area contributed by atoms with Gasteiger partial charge < -0.3 is 9.47 Å². The van der Waals surface area contributed by atoms with Crippen LogP contribution in [0.25, 0.3) is 0 Å². The molecule has 0 aliphatic carbocycles. The lowest BCUT2D eigenvalue weighted by Crippen LogP contribution is -2.26. The average molecular weight is 293 g/mol. The van der Waals surface area contributed by atoms with Gasteiger partial charge in [-0.25, -0.2) is 13.9 Å². The van der Waals surface area contributed by atoms with Gasteiger partial charge in [0, 0.05) is 0 Å². The van der Waals surface area contributed by atoms with E-state index in [1.54, 1.807) is 6.92 Å². The predicted molar refractivity (Wildman–Crippen MR) is 56.3 cm³/mol. The molecule has 0 aromatic carbocycles. The average Bonchev–Trinajstić information content (AvgIpc) is 2.56. The second-order valence-electron chi connectivity index (χ2n) is 3.28. The molecule has 1 aliphatic rings. The van der Waals surface area contributed by atoms with Crippen LogP contribution in [-0.4, -0.2) is 35.1 Å². The van der Waals surface area contributed by atoms with Crippen LogP contribution in [0.15, 0.2) is 4.47 Å². The van der Waals surface area contributed by atoms with Crippen molar-refractivity contribution in [2.24, 2.45) is 0 Å². The number of aromatic nitrogens is 2. The Balaban J connectivity index is 2.32. The van der Waals surface area contributed by atoms with Crippen molar-refractivity contribution < 1.29 is 18.7 Å². The summed E-state index contributed by atoms with van der Waals surface area (Å²) >= 11 is 3.20. The lowest BCUT2D eigenvalue weighted by atomic mass is 10.4. The van der Waals surface area contributed by atoms with E-state index in [1.165, 1.54) is 4.68 Å². The number of carbonyl (C=O) groups excluding carboxylic acids is 1. The summed E-state index contributed by atoms with van der Waals surface area (Å²) in [5.74, 6) is -0.174. The lowest BCUT2D eigenvalue weighted by molar-refractivity contribution is 0.0516. The number of carbonyl (C=O) groups is 1. The molecule has 5 nitrogen and oxygen atoms in total. The Labute approximate surface area is 99.6 Å². The molecule has 0 saturated carbocycles. The van der Waals surface area contributed by atoms with Crippen molar-refractivity contribution in [1.82, 2.24) is 9.78 Å². The molecular weight excluding hydrogens is 283 g/mol. The molecule has 1 unspecified atom stereocenters. The van der Waals surface area contributed by atoms with Crippen LogP contribution in [0, 0.1) is 0 Å². The lowest BCUT2D eigenvalue weighted by Gasteiger charge is -2.18. The molecule has 2 rings (SSSR count). The van der Waals surface area contributed by atoms with Gasteiger partial charge in [0.15, 0.2) is 11.9 Å². The number of hydrogen-bond acceptors (Lipinski definition) is 4. The van der Waals surface area contributed by atoms with Crippen molar-refractivity contribution in [2.75, 3.05) is 13.2 Å². The quantitative estimate of drug-likeness (QED) is 0.776. The molecule has 0 spiro atoms. The van der Waals surface area contributed by atoms with E-state index in [2.05, 4.69) is 21.0 Å². The molecule has 1 aromatic heterocycles. The number of hydrogen-bond donors (Lipinski definition) is 0. The summed E-state index contributed by atoms with van der Waals surface area (Å²) in [6.45, 7) is 2.04. The highest BCUT2D eigenvalue weighted by Crippen LogP contribution is 2.32. The number of esters is 1. The van der Waals surface area contributed by atoms with Gasteiger partial charge in [0.2, 0.25) is 5.88 Å². The van der Waals surface area contributed by atoms with Gasteiger partial charge in [0.25, 0.3) is 0 Å². The number of alkyl halides is 1. The highest BCUT2D eigenvalue weighted by molar-refractivity contribution is 9.10. The summed E-state index contributed by atoms with van der Waals surface area (Å²) in [7, 11) is 0. The fourth-order valence-corrected chi connectivity index (χ4v) is 1.99. The summed E-state index contributed by atoms with van der Waals surface area (Å²) in [5.41, 5.74) is 0.117. The Kier molecular flexibility index (Phi) is 3.13. The Hall–Kier alpha value is -1.11. The maximum absolute atomic E-state index is 13.0. The first-order valence-electron chi connectivity index (χ1n) is 4.83. The molecule has 0 fully saturated rings. The predicted octanol–water partition coefficient (Wildman–Crippen LogP) is 1.55. The Morgan fingerprint density at radius 1 is 1.81 bits per heavy atom. The first-order valence-corrected chi connectivity index (χ1v) is 5.63. The highest BCUT2D eigenvalue weighted by atomic mass is 79.9. The Morgan fingerprint density at radius 3 is 3.25 bits per heavy atom. The molecule has 2 heterocycles. The zero-order valence-electron chi connectivity index (χ0n) is 8.57. The van der Waals surface area contributed by atoms with Gasteiger partial charge in [0.1, 0.15) is 11.1 Å². The van der Waals surface area contributed by atoms with E-state index in [-0.39, 0.29) is 25.5 Å². The van der Waals surface area contributed by atoms with Crippen LogP contribution in [0.1, 0.15) is 17.4 Å². The van der Waals surface area contributed by atoms with Crippen LogP contribution >= 0.6 is 15.9 Å². The van der Waals surface area contributed by atoms with Gasteiger partial charge in [-0.15, -0.1) is 0 Å². The third-order valence-corrected chi connectivity index (χ3v) is 2.81. The summed E-state index contributed by atoms with van der Waals surface area (Å²) in [5, 5.41) is 3.95. The Morgan fingerprint density at radius 2 is 2.56 bits per heavy atom. The first-order chi connectivity index (χ1) is 7.63. The minimum atomic E-state index is -1.10. The smallest absolute Gasteiger partial charge is 0.360 e. The largest absolute Gasteiger partial charge is 0.474 e. The van der Waals surface area contributed by atoms with E-state index < -0.39 is 12.1 Å².